The summed E-state index contributed by atoms with van der Waals surface area (Å²) in [5.41, 5.74) is 3.01. The summed E-state index contributed by atoms with van der Waals surface area (Å²) in [6.45, 7) is 14.9. The zero-order valence-corrected chi connectivity index (χ0v) is 23.6. The fourth-order valence-electron chi connectivity index (χ4n) is 6.37. The number of benzene rings is 1. The minimum atomic E-state index is -0.192. The molecular weight excluding hydrogens is 448 g/mol. The fourth-order valence-corrected chi connectivity index (χ4v) is 6.37. The first kappa shape index (κ1) is 27.6. The normalized spacial score (nSPS) is 27.6. The lowest BCUT2D eigenvalue weighted by atomic mass is 9.48. The molecule has 1 aromatic rings. The van der Waals surface area contributed by atoms with Gasteiger partial charge in [-0.05, 0) is 87.0 Å². The van der Waals surface area contributed by atoms with Crippen molar-refractivity contribution >= 4 is 5.91 Å². The third kappa shape index (κ3) is 6.89. The molecule has 5 rings (SSSR count). The number of carbonyl (C=O) groups is 1. The van der Waals surface area contributed by atoms with E-state index < -0.39 is 0 Å². The van der Waals surface area contributed by atoms with Crippen molar-refractivity contribution in [3.8, 4) is 0 Å². The second-order valence-electron chi connectivity index (χ2n) is 12.9. The highest BCUT2D eigenvalue weighted by Crippen LogP contribution is 2.59. The van der Waals surface area contributed by atoms with Gasteiger partial charge in [0, 0.05) is 32.2 Å². The first-order valence-corrected chi connectivity index (χ1v) is 14.3. The van der Waals surface area contributed by atoms with E-state index in [9.17, 15) is 4.79 Å². The molecule has 0 spiro atoms. The van der Waals surface area contributed by atoms with Gasteiger partial charge in [0.25, 0.3) is 0 Å². The number of fused-ring (bicyclic) bond motifs is 2. The van der Waals surface area contributed by atoms with E-state index in [0.717, 1.165) is 57.3 Å². The van der Waals surface area contributed by atoms with E-state index >= 15 is 0 Å². The van der Waals surface area contributed by atoms with Gasteiger partial charge in [0.2, 0.25) is 5.91 Å². The Morgan fingerprint density at radius 2 is 1.83 bits per heavy atom. The van der Waals surface area contributed by atoms with Crippen LogP contribution in [0.3, 0.4) is 0 Å². The fraction of sp³-hybridized carbons (Fsp3) is 0.767. The van der Waals surface area contributed by atoms with E-state index in [0.29, 0.717) is 30.5 Å². The van der Waals surface area contributed by atoms with Crippen molar-refractivity contribution in [1.29, 1.82) is 0 Å². The molecule has 3 saturated carbocycles. The van der Waals surface area contributed by atoms with Gasteiger partial charge in [-0.2, -0.15) is 5.06 Å². The van der Waals surface area contributed by atoms with Gasteiger partial charge in [-0.3, -0.25) is 14.5 Å². The monoisotopic (exact) mass is 498 g/mol. The van der Waals surface area contributed by atoms with Crippen LogP contribution in [-0.2, 0) is 22.7 Å². The predicted molar refractivity (Wildman–Crippen MR) is 146 cm³/mol. The van der Waals surface area contributed by atoms with Crippen LogP contribution in [0.2, 0.25) is 0 Å². The summed E-state index contributed by atoms with van der Waals surface area (Å²) < 4.78 is 0. The van der Waals surface area contributed by atoms with Crippen LogP contribution < -0.4 is 5.32 Å². The summed E-state index contributed by atoms with van der Waals surface area (Å²) in [7, 11) is 4.28. The molecular formula is C30H50N4O2. The quantitative estimate of drug-likeness (QED) is 0.458. The molecule has 4 aliphatic rings. The minimum Gasteiger partial charge on any atom is -0.352 e. The number of likely N-dealkylation sites (N-methyl/N-ethyl adjacent to an activating group) is 1. The average Bonchev–Trinajstić information content (AvgIpc) is 3.29. The zero-order chi connectivity index (χ0) is 25.9. The molecule has 4 atom stereocenters. The summed E-state index contributed by atoms with van der Waals surface area (Å²) in [5, 5.41) is 5.31. The van der Waals surface area contributed by atoms with Crippen LogP contribution in [0, 0.1) is 23.2 Å². The average molecular weight is 499 g/mol. The van der Waals surface area contributed by atoms with Gasteiger partial charge in [0.05, 0.1) is 6.61 Å². The Bertz CT molecular complexity index is 844. The van der Waals surface area contributed by atoms with Gasteiger partial charge in [-0.1, -0.05) is 52.0 Å². The standard InChI is InChI=1S/C30H50N4O2/c1-22(2)10-12-33(14-13-32(5)6)20-23-8-7-9-24(16-23)21-34-28(11-15-36-34)29(35)31-27-18-25-17-26(19-27)30(25,3)4/h7-9,16,22,25-28H,10-15,17-21H2,1-6H3,(H,31,35)/t25-,26+,27?,28-/m0/s1. The number of hydrogen-bond acceptors (Lipinski definition) is 5. The third-order valence-electron chi connectivity index (χ3n) is 9.08. The summed E-state index contributed by atoms with van der Waals surface area (Å²) in [4.78, 5) is 24.0. The lowest BCUT2D eigenvalue weighted by molar-refractivity contribution is -0.159. The second kappa shape index (κ2) is 11.9. The van der Waals surface area contributed by atoms with Gasteiger partial charge in [-0.15, -0.1) is 0 Å². The topological polar surface area (TPSA) is 48.1 Å². The maximum atomic E-state index is 13.2. The van der Waals surface area contributed by atoms with Crippen molar-refractivity contribution in [2.45, 2.75) is 85.0 Å². The SMILES string of the molecule is CC(C)CCN(CCN(C)C)Cc1cccc(CN2OCC[C@H]2C(=O)NC2C[C@@H]3C[C@H](C2)C3(C)C)c1. The number of hydroxylamine groups is 2. The molecule has 3 aliphatic carbocycles. The highest BCUT2D eigenvalue weighted by Gasteiger charge is 2.53. The molecule has 1 unspecified atom stereocenters. The van der Waals surface area contributed by atoms with Gasteiger partial charge in [0.15, 0.2) is 0 Å². The molecule has 4 fully saturated rings. The van der Waals surface area contributed by atoms with Crippen LogP contribution in [0.15, 0.2) is 24.3 Å². The Morgan fingerprint density at radius 3 is 2.50 bits per heavy atom. The number of hydrogen-bond donors (Lipinski definition) is 1. The summed E-state index contributed by atoms with van der Waals surface area (Å²) >= 11 is 0. The Balaban J connectivity index is 1.32. The summed E-state index contributed by atoms with van der Waals surface area (Å²) in [6, 6.07) is 8.98. The summed E-state index contributed by atoms with van der Waals surface area (Å²) in [5.74, 6) is 2.38. The number of rotatable bonds is 12. The second-order valence-corrected chi connectivity index (χ2v) is 12.9. The number of nitrogens with zero attached hydrogens (tertiary/aromatic N) is 3. The molecule has 1 saturated heterocycles. The minimum absolute atomic E-state index is 0.149. The van der Waals surface area contributed by atoms with Crippen LogP contribution in [0.5, 0.6) is 0 Å². The van der Waals surface area contributed by atoms with Crippen LogP contribution in [0.1, 0.15) is 70.9 Å². The molecule has 202 valence electrons. The van der Waals surface area contributed by atoms with Crippen molar-refractivity contribution in [3.63, 3.8) is 0 Å². The largest absolute Gasteiger partial charge is 0.352 e. The van der Waals surface area contributed by atoms with Crippen LogP contribution in [0.4, 0.5) is 0 Å². The maximum Gasteiger partial charge on any atom is 0.240 e. The van der Waals surface area contributed by atoms with Crippen molar-refractivity contribution in [1.82, 2.24) is 20.2 Å². The van der Waals surface area contributed by atoms with E-state index in [-0.39, 0.29) is 11.9 Å². The Kier molecular flexibility index (Phi) is 9.14. The molecule has 6 heteroatoms. The molecule has 6 nitrogen and oxygen atoms in total. The van der Waals surface area contributed by atoms with Crippen molar-refractivity contribution < 1.29 is 9.63 Å². The zero-order valence-electron chi connectivity index (χ0n) is 23.6. The van der Waals surface area contributed by atoms with E-state index in [1.54, 1.807) is 0 Å². The van der Waals surface area contributed by atoms with Crippen LogP contribution in [0.25, 0.3) is 0 Å². The molecule has 1 N–H and O–H groups in total. The smallest absolute Gasteiger partial charge is 0.240 e. The Hall–Kier alpha value is -1.47. The predicted octanol–water partition coefficient (Wildman–Crippen LogP) is 4.54. The van der Waals surface area contributed by atoms with Gasteiger partial charge >= 0.3 is 0 Å². The molecule has 0 radical (unpaired) electrons. The molecule has 1 amide bonds. The first-order chi connectivity index (χ1) is 17.1. The van der Waals surface area contributed by atoms with Gasteiger partial charge < -0.3 is 10.2 Å². The number of amides is 1. The Morgan fingerprint density at radius 1 is 1.11 bits per heavy atom. The maximum absolute atomic E-state index is 13.2. The molecule has 1 aliphatic heterocycles. The molecule has 1 aromatic carbocycles. The number of carbonyl (C=O) groups excluding carboxylic acids is 1. The Labute approximate surface area is 219 Å². The van der Waals surface area contributed by atoms with Crippen LogP contribution >= 0.6 is 0 Å². The highest BCUT2D eigenvalue weighted by atomic mass is 16.7. The van der Waals surface area contributed by atoms with E-state index in [1.807, 2.05) is 5.06 Å². The molecule has 2 bridgehead atoms. The van der Waals surface area contributed by atoms with Crippen molar-refractivity contribution in [2.24, 2.45) is 23.2 Å². The van der Waals surface area contributed by atoms with E-state index in [1.165, 1.54) is 24.0 Å². The van der Waals surface area contributed by atoms with Crippen molar-refractivity contribution in [2.75, 3.05) is 40.3 Å². The molecule has 36 heavy (non-hydrogen) atoms. The van der Waals surface area contributed by atoms with E-state index in [4.69, 9.17) is 4.84 Å². The summed E-state index contributed by atoms with van der Waals surface area (Å²) in [6.07, 6.45) is 5.59. The number of nitrogens with one attached hydrogen (secondary N) is 1. The van der Waals surface area contributed by atoms with E-state index in [2.05, 4.69) is 81.2 Å². The molecule has 0 aromatic heterocycles. The van der Waals surface area contributed by atoms with Gasteiger partial charge in [-0.25, -0.2) is 0 Å². The van der Waals surface area contributed by atoms with Crippen LogP contribution in [-0.4, -0.2) is 73.2 Å². The highest BCUT2D eigenvalue weighted by molar-refractivity contribution is 5.82. The van der Waals surface area contributed by atoms with Gasteiger partial charge in [0.1, 0.15) is 6.04 Å². The van der Waals surface area contributed by atoms with Crippen molar-refractivity contribution in [3.05, 3.63) is 35.4 Å². The lowest BCUT2D eigenvalue weighted by Crippen LogP contribution is -2.57. The lowest BCUT2D eigenvalue weighted by Gasteiger charge is -2.59. The third-order valence-corrected chi connectivity index (χ3v) is 9.08. The first-order valence-electron chi connectivity index (χ1n) is 14.3. The molecule has 1 heterocycles.